The highest BCUT2D eigenvalue weighted by molar-refractivity contribution is 5.78. The topological polar surface area (TPSA) is 52.6 Å². The summed E-state index contributed by atoms with van der Waals surface area (Å²) in [6.45, 7) is 4.84. The number of nitrogens with one attached hydrogen (secondary N) is 1. The summed E-state index contributed by atoms with van der Waals surface area (Å²) in [7, 11) is 1.85. The van der Waals surface area contributed by atoms with Gasteiger partial charge in [-0.05, 0) is 39.3 Å². The second-order valence-corrected chi connectivity index (χ2v) is 5.77. The van der Waals surface area contributed by atoms with Crippen LogP contribution in [-0.2, 0) is 11.2 Å². The molecule has 20 heavy (non-hydrogen) atoms. The fraction of sp³-hybridized carbons (Fsp3) is 0.562. The lowest BCUT2D eigenvalue weighted by atomic mass is 10.1. The molecule has 4 heteroatoms. The molecule has 0 aliphatic rings. The smallest absolute Gasteiger partial charge is 0.234 e. The molecule has 0 heterocycles. The van der Waals surface area contributed by atoms with Crippen LogP contribution in [0.15, 0.2) is 30.3 Å². The summed E-state index contributed by atoms with van der Waals surface area (Å²) in [5.41, 5.74) is 0.918. The van der Waals surface area contributed by atoms with Gasteiger partial charge in [0.2, 0.25) is 5.91 Å². The molecule has 0 aliphatic carbocycles. The maximum absolute atomic E-state index is 11.8. The van der Waals surface area contributed by atoms with E-state index in [1.807, 2.05) is 44.0 Å². The molecule has 4 nitrogen and oxygen atoms in total. The van der Waals surface area contributed by atoms with E-state index < -0.39 is 0 Å². The molecule has 0 aliphatic heterocycles. The highest BCUT2D eigenvalue weighted by Crippen LogP contribution is 2.09. The maximum Gasteiger partial charge on any atom is 0.234 e. The Balaban J connectivity index is 2.21. The van der Waals surface area contributed by atoms with Crippen molar-refractivity contribution >= 4 is 5.91 Å². The number of aliphatic hydroxyl groups excluding tert-OH is 1. The third kappa shape index (κ3) is 5.72. The predicted octanol–water partition coefficient (Wildman–Crippen LogP) is 1.44. The van der Waals surface area contributed by atoms with Gasteiger partial charge in [-0.2, -0.15) is 0 Å². The van der Waals surface area contributed by atoms with E-state index in [2.05, 4.69) is 17.4 Å². The zero-order valence-electron chi connectivity index (χ0n) is 12.7. The van der Waals surface area contributed by atoms with Crippen molar-refractivity contribution in [2.45, 2.75) is 32.2 Å². The summed E-state index contributed by atoms with van der Waals surface area (Å²) in [5, 5.41) is 12.2. The largest absolute Gasteiger partial charge is 0.394 e. The lowest BCUT2D eigenvalue weighted by Crippen LogP contribution is -2.48. The van der Waals surface area contributed by atoms with Crippen molar-refractivity contribution in [3.63, 3.8) is 0 Å². The van der Waals surface area contributed by atoms with Crippen molar-refractivity contribution in [1.82, 2.24) is 10.2 Å². The summed E-state index contributed by atoms with van der Waals surface area (Å²) < 4.78 is 0. The number of likely N-dealkylation sites (N-methyl/N-ethyl adjacent to an activating group) is 1. The van der Waals surface area contributed by atoms with Crippen molar-refractivity contribution in [1.29, 1.82) is 0 Å². The lowest BCUT2D eigenvalue weighted by Gasteiger charge is -2.33. The van der Waals surface area contributed by atoms with E-state index >= 15 is 0 Å². The molecule has 2 N–H and O–H groups in total. The lowest BCUT2D eigenvalue weighted by molar-refractivity contribution is -0.123. The first kappa shape index (κ1) is 16.7. The van der Waals surface area contributed by atoms with Gasteiger partial charge in [0.25, 0.3) is 0 Å². The molecule has 0 atom stereocenters. The Morgan fingerprint density at radius 1 is 1.30 bits per heavy atom. The molecule has 1 rings (SSSR count). The van der Waals surface area contributed by atoms with Crippen LogP contribution in [0.3, 0.4) is 0 Å². The van der Waals surface area contributed by atoms with Gasteiger partial charge in [0.05, 0.1) is 13.2 Å². The van der Waals surface area contributed by atoms with E-state index in [1.165, 1.54) is 5.56 Å². The van der Waals surface area contributed by atoms with E-state index in [1.54, 1.807) is 0 Å². The molecule has 0 unspecified atom stereocenters. The van der Waals surface area contributed by atoms with Crippen LogP contribution >= 0.6 is 0 Å². The Bertz CT molecular complexity index is 404. The molecule has 0 saturated heterocycles. The standard InChI is InChI=1S/C16H26N2O2/c1-16(2,13-19)18(3)12-15(20)17-11-7-10-14-8-5-4-6-9-14/h4-6,8-9,19H,7,10-13H2,1-3H3,(H,17,20). The van der Waals surface area contributed by atoms with Gasteiger partial charge >= 0.3 is 0 Å². The van der Waals surface area contributed by atoms with Gasteiger partial charge in [-0.1, -0.05) is 30.3 Å². The zero-order valence-corrected chi connectivity index (χ0v) is 12.7. The number of hydrogen-bond acceptors (Lipinski definition) is 3. The minimum Gasteiger partial charge on any atom is -0.394 e. The summed E-state index contributed by atoms with van der Waals surface area (Å²) in [5.74, 6) is 0.00193. The Labute approximate surface area is 121 Å². The van der Waals surface area contributed by atoms with Gasteiger partial charge in [0.1, 0.15) is 0 Å². The van der Waals surface area contributed by atoms with E-state index in [9.17, 15) is 9.90 Å². The van der Waals surface area contributed by atoms with Crippen LogP contribution in [0.5, 0.6) is 0 Å². The summed E-state index contributed by atoms with van der Waals surface area (Å²) in [6, 6.07) is 10.3. The third-order valence-corrected chi connectivity index (χ3v) is 3.61. The molecule has 0 spiro atoms. The summed E-state index contributed by atoms with van der Waals surface area (Å²) in [6.07, 6.45) is 1.90. The Kier molecular flexibility index (Phi) is 6.68. The number of carbonyl (C=O) groups excluding carboxylic acids is 1. The van der Waals surface area contributed by atoms with Crippen molar-refractivity contribution in [3.8, 4) is 0 Å². The number of rotatable bonds is 8. The average Bonchev–Trinajstić information content (AvgIpc) is 2.44. The van der Waals surface area contributed by atoms with Crippen LogP contribution in [-0.4, -0.2) is 48.2 Å². The van der Waals surface area contributed by atoms with E-state index in [4.69, 9.17) is 0 Å². The molecule has 1 aromatic rings. The number of aliphatic hydroxyl groups is 1. The highest BCUT2D eigenvalue weighted by Gasteiger charge is 2.23. The van der Waals surface area contributed by atoms with Gasteiger partial charge in [-0.3, -0.25) is 9.69 Å². The predicted molar refractivity (Wildman–Crippen MR) is 81.6 cm³/mol. The molecular formula is C16H26N2O2. The fourth-order valence-electron chi connectivity index (χ4n) is 1.77. The number of amides is 1. The van der Waals surface area contributed by atoms with E-state index in [0.29, 0.717) is 13.1 Å². The second-order valence-electron chi connectivity index (χ2n) is 5.77. The third-order valence-electron chi connectivity index (χ3n) is 3.61. The van der Waals surface area contributed by atoms with Crippen LogP contribution in [0.4, 0.5) is 0 Å². The molecule has 0 fully saturated rings. The van der Waals surface area contributed by atoms with Gasteiger partial charge < -0.3 is 10.4 Å². The van der Waals surface area contributed by atoms with Gasteiger partial charge in [-0.25, -0.2) is 0 Å². The molecule has 112 valence electrons. The minimum atomic E-state index is -0.374. The summed E-state index contributed by atoms with van der Waals surface area (Å²) in [4.78, 5) is 13.7. The van der Waals surface area contributed by atoms with Crippen LogP contribution in [0.25, 0.3) is 0 Å². The number of nitrogens with zero attached hydrogens (tertiary/aromatic N) is 1. The Morgan fingerprint density at radius 2 is 1.95 bits per heavy atom. The van der Waals surface area contributed by atoms with Crippen molar-refractivity contribution in [2.75, 3.05) is 26.7 Å². The molecule has 1 amide bonds. The van der Waals surface area contributed by atoms with E-state index in [-0.39, 0.29) is 18.1 Å². The first-order valence-electron chi connectivity index (χ1n) is 7.08. The normalized spacial score (nSPS) is 11.7. The molecular weight excluding hydrogens is 252 g/mol. The zero-order chi connectivity index (χ0) is 15.0. The Hall–Kier alpha value is -1.39. The first-order chi connectivity index (χ1) is 9.45. The quantitative estimate of drug-likeness (QED) is 0.708. The fourth-order valence-corrected chi connectivity index (χ4v) is 1.77. The number of benzene rings is 1. The molecule has 1 aromatic carbocycles. The average molecular weight is 278 g/mol. The maximum atomic E-state index is 11.8. The van der Waals surface area contributed by atoms with Gasteiger partial charge in [0.15, 0.2) is 0 Å². The van der Waals surface area contributed by atoms with Crippen LogP contribution < -0.4 is 5.32 Å². The van der Waals surface area contributed by atoms with Crippen molar-refractivity contribution in [2.24, 2.45) is 0 Å². The van der Waals surface area contributed by atoms with Crippen LogP contribution in [0.2, 0.25) is 0 Å². The van der Waals surface area contributed by atoms with Crippen LogP contribution in [0, 0.1) is 0 Å². The molecule has 0 saturated carbocycles. The number of aryl methyl sites for hydroxylation is 1. The van der Waals surface area contributed by atoms with Crippen molar-refractivity contribution in [3.05, 3.63) is 35.9 Å². The first-order valence-corrected chi connectivity index (χ1v) is 7.08. The monoisotopic (exact) mass is 278 g/mol. The van der Waals surface area contributed by atoms with Gasteiger partial charge in [-0.15, -0.1) is 0 Å². The molecule has 0 radical (unpaired) electrons. The molecule has 0 bridgehead atoms. The minimum absolute atomic E-state index is 0.00193. The van der Waals surface area contributed by atoms with Gasteiger partial charge in [0, 0.05) is 12.1 Å². The van der Waals surface area contributed by atoms with Crippen molar-refractivity contribution < 1.29 is 9.90 Å². The van der Waals surface area contributed by atoms with Crippen LogP contribution in [0.1, 0.15) is 25.8 Å². The number of carbonyl (C=O) groups is 1. The highest BCUT2D eigenvalue weighted by atomic mass is 16.3. The number of hydrogen-bond donors (Lipinski definition) is 2. The van der Waals surface area contributed by atoms with E-state index in [0.717, 1.165) is 12.8 Å². The molecule has 0 aromatic heterocycles. The second kappa shape index (κ2) is 8.02. The summed E-state index contributed by atoms with van der Waals surface area (Å²) >= 11 is 0. The SMILES string of the molecule is CN(CC(=O)NCCCc1ccccc1)C(C)(C)CO. The Morgan fingerprint density at radius 3 is 2.55 bits per heavy atom.